The lowest BCUT2D eigenvalue weighted by Gasteiger charge is -2.27. The summed E-state index contributed by atoms with van der Waals surface area (Å²) in [6.45, 7) is 11.4. The molecule has 1 aliphatic heterocycles. The number of aromatic nitrogens is 2. The number of carbonyl (C=O) groups is 1. The van der Waals surface area contributed by atoms with Gasteiger partial charge in [-0.3, -0.25) is 9.47 Å². The molecule has 8 nitrogen and oxygen atoms in total. The zero-order valence-corrected chi connectivity index (χ0v) is 16.5. The summed E-state index contributed by atoms with van der Waals surface area (Å²) >= 11 is 0. The Balaban J connectivity index is 1.87. The average Bonchev–Trinajstić information content (AvgIpc) is 2.91. The van der Waals surface area contributed by atoms with Crippen molar-refractivity contribution in [2.75, 3.05) is 32.0 Å². The number of anilines is 1. The van der Waals surface area contributed by atoms with Gasteiger partial charge in [0.05, 0.1) is 24.2 Å². The van der Waals surface area contributed by atoms with Crippen LogP contribution in [0.4, 0.5) is 10.7 Å². The van der Waals surface area contributed by atoms with Crippen LogP contribution in [0.15, 0.2) is 18.2 Å². The van der Waals surface area contributed by atoms with Gasteiger partial charge >= 0.3 is 6.09 Å². The van der Waals surface area contributed by atoms with Crippen molar-refractivity contribution in [3.05, 3.63) is 23.8 Å². The fraction of sp³-hybridized carbons (Fsp3) is 0.579. The van der Waals surface area contributed by atoms with Gasteiger partial charge in [-0.1, -0.05) is 12.1 Å². The molecule has 0 spiro atoms. The van der Waals surface area contributed by atoms with E-state index in [1.54, 1.807) is 0 Å². The molecule has 1 atom stereocenters. The maximum Gasteiger partial charge on any atom is 0.409 e. The van der Waals surface area contributed by atoms with E-state index in [0.717, 1.165) is 49.4 Å². The number of amides is 1. The summed E-state index contributed by atoms with van der Waals surface area (Å²) in [5.74, 6) is 0.364. The zero-order chi connectivity index (χ0) is 19.6. The summed E-state index contributed by atoms with van der Waals surface area (Å²) in [7, 11) is 0. The van der Waals surface area contributed by atoms with E-state index in [2.05, 4.69) is 21.3 Å². The van der Waals surface area contributed by atoms with Crippen molar-refractivity contribution < 1.29 is 14.3 Å². The molecule has 1 saturated heterocycles. The third kappa shape index (κ3) is 4.70. The summed E-state index contributed by atoms with van der Waals surface area (Å²) in [5.41, 5.74) is 8.50. The van der Waals surface area contributed by atoms with Crippen LogP contribution in [0.3, 0.4) is 0 Å². The molecule has 1 fully saturated rings. The number of nitrogens with two attached hydrogens (primary N) is 1. The average molecular weight is 375 g/mol. The van der Waals surface area contributed by atoms with Crippen LogP contribution in [-0.4, -0.2) is 52.4 Å². The number of nitrogens with zero attached hydrogens (tertiary/aromatic N) is 3. The minimum atomic E-state index is -0.562. The Kier molecular flexibility index (Phi) is 5.57. The molecule has 1 unspecified atom stereocenters. The Morgan fingerprint density at radius 2 is 2.07 bits per heavy atom. The smallest absolute Gasteiger partial charge is 0.409 e. The highest BCUT2D eigenvalue weighted by Gasteiger charge is 2.22. The van der Waals surface area contributed by atoms with E-state index in [0.29, 0.717) is 5.95 Å². The number of hydrogen-bond acceptors (Lipinski definition) is 6. The lowest BCUT2D eigenvalue weighted by molar-refractivity contribution is 0.0343. The van der Waals surface area contributed by atoms with Crippen molar-refractivity contribution in [1.82, 2.24) is 19.8 Å². The fourth-order valence-electron chi connectivity index (χ4n) is 3.30. The van der Waals surface area contributed by atoms with Crippen LogP contribution < -0.4 is 11.1 Å². The van der Waals surface area contributed by atoms with Gasteiger partial charge in [-0.25, -0.2) is 9.78 Å². The Morgan fingerprint density at radius 3 is 2.74 bits per heavy atom. The first-order chi connectivity index (χ1) is 12.7. The second-order valence-corrected chi connectivity index (χ2v) is 7.84. The second-order valence-electron chi connectivity index (χ2n) is 7.84. The molecule has 0 radical (unpaired) electrons. The van der Waals surface area contributed by atoms with Crippen LogP contribution in [0, 0.1) is 0 Å². The van der Waals surface area contributed by atoms with Gasteiger partial charge in [-0.15, -0.1) is 0 Å². The van der Waals surface area contributed by atoms with Gasteiger partial charge in [-0.05, 0) is 39.3 Å². The molecular weight excluding hydrogens is 346 g/mol. The van der Waals surface area contributed by atoms with Crippen LogP contribution in [-0.2, 0) is 16.0 Å². The van der Waals surface area contributed by atoms with Crippen LogP contribution in [0.25, 0.3) is 11.0 Å². The molecule has 3 N–H and O–H groups in total. The number of para-hydroxylation sites is 1. The van der Waals surface area contributed by atoms with Gasteiger partial charge in [0.25, 0.3) is 0 Å². The quantitative estimate of drug-likeness (QED) is 0.853. The van der Waals surface area contributed by atoms with Crippen molar-refractivity contribution in [2.45, 2.75) is 46.0 Å². The number of rotatable bonds is 4. The van der Waals surface area contributed by atoms with Gasteiger partial charge in [0.15, 0.2) is 0 Å². The molecule has 1 aromatic carbocycles. The molecule has 148 valence electrons. The number of benzene rings is 1. The van der Waals surface area contributed by atoms with E-state index in [1.165, 1.54) is 0 Å². The number of alkyl carbamates (subject to hydrolysis) is 1. The van der Waals surface area contributed by atoms with Crippen molar-refractivity contribution in [2.24, 2.45) is 0 Å². The molecule has 1 amide bonds. The minimum absolute atomic E-state index is 0.364. The highest BCUT2D eigenvalue weighted by molar-refractivity contribution is 5.82. The van der Waals surface area contributed by atoms with Crippen LogP contribution >= 0.6 is 0 Å². The van der Waals surface area contributed by atoms with E-state index >= 15 is 0 Å². The standard InChI is InChI=1S/C19H29N5O3/c1-13(21-18(25)27-19(2,3)4)24-16-14(12-23-8-10-26-11-9-23)6-5-7-15(16)22-17(24)20/h5-7,13H,8-12H2,1-4H3,(H2,20,22)(H,21,25). The summed E-state index contributed by atoms with van der Waals surface area (Å²) < 4.78 is 12.7. The Bertz CT molecular complexity index is 806. The molecule has 3 rings (SSSR count). The molecule has 1 aliphatic rings. The predicted molar refractivity (Wildman–Crippen MR) is 104 cm³/mol. The predicted octanol–water partition coefficient (Wildman–Crippen LogP) is 2.49. The number of imidazole rings is 1. The number of nitrogens with one attached hydrogen (secondary N) is 1. The first kappa shape index (κ1) is 19.4. The SMILES string of the molecule is CC(NC(=O)OC(C)(C)C)n1c(N)nc2cccc(CN3CCOCC3)c21. The minimum Gasteiger partial charge on any atom is -0.444 e. The number of carbonyl (C=O) groups excluding carboxylic acids is 1. The van der Waals surface area contributed by atoms with Crippen molar-refractivity contribution in [1.29, 1.82) is 0 Å². The van der Waals surface area contributed by atoms with Crippen LogP contribution in [0.5, 0.6) is 0 Å². The first-order valence-corrected chi connectivity index (χ1v) is 9.29. The molecule has 0 aliphatic carbocycles. The number of hydrogen-bond donors (Lipinski definition) is 2. The topological polar surface area (TPSA) is 94.6 Å². The Hall–Kier alpha value is -2.32. The maximum absolute atomic E-state index is 12.2. The fourth-order valence-corrected chi connectivity index (χ4v) is 3.30. The maximum atomic E-state index is 12.2. The third-order valence-corrected chi connectivity index (χ3v) is 4.43. The lowest BCUT2D eigenvalue weighted by atomic mass is 10.1. The molecule has 0 saturated carbocycles. The summed E-state index contributed by atoms with van der Waals surface area (Å²) in [6, 6.07) is 6.00. The van der Waals surface area contributed by atoms with Gasteiger partial charge in [0, 0.05) is 19.6 Å². The van der Waals surface area contributed by atoms with Crippen LogP contribution in [0.1, 0.15) is 39.4 Å². The van der Waals surface area contributed by atoms with Crippen LogP contribution in [0.2, 0.25) is 0 Å². The Labute approximate surface area is 159 Å². The highest BCUT2D eigenvalue weighted by Crippen LogP contribution is 2.26. The second kappa shape index (κ2) is 7.74. The summed E-state index contributed by atoms with van der Waals surface area (Å²) in [4.78, 5) is 19.0. The highest BCUT2D eigenvalue weighted by atomic mass is 16.6. The zero-order valence-electron chi connectivity index (χ0n) is 16.5. The number of morpholine rings is 1. The van der Waals surface area contributed by atoms with Gasteiger partial charge in [0.2, 0.25) is 5.95 Å². The van der Waals surface area contributed by atoms with Gasteiger partial charge in [-0.2, -0.15) is 0 Å². The normalized spacial score (nSPS) is 17.0. The number of ether oxygens (including phenoxy) is 2. The van der Waals surface area contributed by atoms with E-state index in [9.17, 15) is 4.79 Å². The molecule has 2 aromatic rings. The number of fused-ring (bicyclic) bond motifs is 1. The van der Waals surface area contributed by atoms with E-state index < -0.39 is 17.9 Å². The summed E-state index contributed by atoms with van der Waals surface area (Å²) in [6.07, 6.45) is -0.877. The molecule has 0 bridgehead atoms. The van der Waals surface area contributed by atoms with Gasteiger partial charge < -0.3 is 20.5 Å². The molecule has 27 heavy (non-hydrogen) atoms. The molecule has 2 heterocycles. The first-order valence-electron chi connectivity index (χ1n) is 9.29. The molecule has 8 heteroatoms. The lowest BCUT2D eigenvalue weighted by Crippen LogP contribution is -2.37. The monoisotopic (exact) mass is 375 g/mol. The van der Waals surface area contributed by atoms with Crippen molar-refractivity contribution in [3.63, 3.8) is 0 Å². The summed E-state index contributed by atoms with van der Waals surface area (Å²) in [5, 5.41) is 2.85. The third-order valence-electron chi connectivity index (χ3n) is 4.43. The molecular formula is C19H29N5O3. The van der Waals surface area contributed by atoms with Gasteiger partial charge in [0.1, 0.15) is 11.8 Å². The molecule has 1 aromatic heterocycles. The largest absolute Gasteiger partial charge is 0.444 e. The van der Waals surface area contributed by atoms with Crippen molar-refractivity contribution in [3.8, 4) is 0 Å². The number of nitrogen functional groups attached to an aromatic ring is 1. The van der Waals surface area contributed by atoms with E-state index in [1.807, 2.05) is 44.4 Å². The Morgan fingerprint density at radius 1 is 1.37 bits per heavy atom. The van der Waals surface area contributed by atoms with E-state index in [-0.39, 0.29) is 0 Å². The van der Waals surface area contributed by atoms with E-state index in [4.69, 9.17) is 15.2 Å². The van der Waals surface area contributed by atoms with Crippen molar-refractivity contribution >= 4 is 23.1 Å².